The molecular formula is C50H32O. The summed E-state index contributed by atoms with van der Waals surface area (Å²) in [6.45, 7) is 0. The first-order valence-corrected chi connectivity index (χ1v) is 16.5. The summed E-state index contributed by atoms with van der Waals surface area (Å²) < 4.78 is 122. The fourth-order valence-electron chi connectivity index (χ4n) is 7.13. The van der Waals surface area contributed by atoms with Crippen molar-refractivity contribution in [3.8, 4) is 55.6 Å². The van der Waals surface area contributed by atoms with Gasteiger partial charge in [0.25, 0.3) is 0 Å². The number of hydrogen-bond acceptors (Lipinski definition) is 1. The summed E-state index contributed by atoms with van der Waals surface area (Å²) in [6.07, 6.45) is 0. The van der Waals surface area contributed by atoms with Crippen LogP contribution in [0.25, 0.3) is 99.1 Å². The zero-order valence-electron chi connectivity index (χ0n) is 39.9. The van der Waals surface area contributed by atoms with E-state index in [0.29, 0.717) is 38.3 Å². The van der Waals surface area contributed by atoms with Gasteiger partial charge in [0.1, 0.15) is 11.2 Å². The van der Waals surface area contributed by atoms with Crippen LogP contribution in [0.2, 0.25) is 0 Å². The second-order valence-corrected chi connectivity index (χ2v) is 12.2. The minimum absolute atomic E-state index is 0.127. The maximum Gasteiger partial charge on any atom is 0.136 e. The molecule has 0 aliphatic heterocycles. The average Bonchev–Trinajstić information content (AvgIpc) is 3.69. The largest absolute Gasteiger partial charge is 0.456 e. The minimum atomic E-state index is -0.715. The van der Waals surface area contributed by atoms with Gasteiger partial charge in [0.15, 0.2) is 0 Å². The van der Waals surface area contributed by atoms with Crippen molar-refractivity contribution < 1.29 is 22.2 Å². The van der Waals surface area contributed by atoms with Crippen LogP contribution >= 0.6 is 0 Å². The molecule has 0 fully saturated rings. The highest BCUT2D eigenvalue weighted by molar-refractivity contribution is 6.26. The molecule has 0 amide bonds. The average molecular weight is 662 g/mol. The molecule has 0 spiro atoms. The van der Waals surface area contributed by atoms with Crippen molar-refractivity contribution in [2.45, 2.75) is 0 Å². The molecule has 0 unspecified atom stereocenters. The number of hydrogen-bond donors (Lipinski definition) is 0. The molecule has 0 aliphatic carbocycles. The van der Waals surface area contributed by atoms with Gasteiger partial charge in [0, 0.05) is 10.8 Å². The van der Waals surface area contributed by atoms with E-state index in [2.05, 4.69) is 6.07 Å². The van der Waals surface area contributed by atoms with E-state index in [0.717, 1.165) is 33.0 Å². The van der Waals surface area contributed by atoms with Gasteiger partial charge in [-0.15, -0.1) is 0 Å². The molecule has 1 aromatic heterocycles. The van der Waals surface area contributed by atoms with E-state index in [1.807, 2.05) is 109 Å². The molecule has 238 valence electrons. The van der Waals surface area contributed by atoms with Crippen molar-refractivity contribution in [2.75, 3.05) is 0 Å². The van der Waals surface area contributed by atoms with Gasteiger partial charge in [0.05, 0.1) is 17.8 Å². The SMILES string of the molecule is [2H]c1c([2H])c([2H])c(-c2c([2H])c(-c3c([2H])c([2H])c([2H])c([2H])c3[2H])c([2H])c(-c3c4ccccc4c(-c4cccc5oc6ccc(-c7ccccc7)cc6c45)c4ccccc34)c2[2H])c([2H])c1[2H]. The Balaban J connectivity index is 1.38. The number of benzene rings is 9. The minimum Gasteiger partial charge on any atom is -0.456 e. The van der Waals surface area contributed by atoms with Crippen molar-refractivity contribution in [2.24, 2.45) is 0 Å². The Morgan fingerprint density at radius 3 is 1.51 bits per heavy atom. The Morgan fingerprint density at radius 2 is 0.902 bits per heavy atom. The molecule has 0 atom stereocenters. The van der Waals surface area contributed by atoms with Crippen molar-refractivity contribution in [3.05, 3.63) is 194 Å². The topological polar surface area (TPSA) is 13.1 Å². The normalized spacial score (nSPS) is 15.1. The van der Waals surface area contributed by atoms with Gasteiger partial charge in [0.2, 0.25) is 0 Å². The zero-order valence-corrected chi connectivity index (χ0v) is 26.9. The molecule has 1 nitrogen and oxygen atoms in total. The van der Waals surface area contributed by atoms with Gasteiger partial charge in [-0.1, -0.05) is 157 Å². The zero-order chi connectivity index (χ0) is 45.0. The Hall–Kier alpha value is -6.70. The van der Waals surface area contributed by atoms with Crippen molar-refractivity contribution >= 4 is 43.5 Å². The summed E-state index contributed by atoms with van der Waals surface area (Å²) >= 11 is 0. The highest BCUT2D eigenvalue weighted by Crippen LogP contribution is 2.48. The molecule has 51 heavy (non-hydrogen) atoms. The Morgan fingerprint density at radius 1 is 0.353 bits per heavy atom. The maximum absolute atomic E-state index is 9.93. The van der Waals surface area contributed by atoms with E-state index in [-0.39, 0.29) is 5.56 Å². The van der Waals surface area contributed by atoms with Crippen LogP contribution in [-0.2, 0) is 0 Å². The van der Waals surface area contributed by atoms with Crippen LogP contribution in [0.15, 0.2) is 198 Å². The van der Waals surface area contributed by atoms with E-state index in [4.69, 9.17) is 18.1 Å². The number of rotatable bonds is 5. The second kappa shape index (κ2) is 12.0. The summed E-state index contributed by atoms with van der Waals surface area (Å²) in [6, 6.07) is 28.1. The van der Waals surface area contributed by atoms with E-state index in [1.54, 1.807) is 0 Å². The summed E-state index contributed by atoms with van der Waals surface area (Å²) in [7, 11) is 0. The molecule has 9 aromatic carbocycles. The lowest BCUT2D eigenvalue weighted by Crippen LogP contribution is -1.92. The highest BCUT2D eigenvalue weighted by atomic mass is 16.3. The van der Waals surface area contributed by atoms with Crippen LogP contribution < -0.4 is 0 Å². The summed E-state index contributed by atoms with van der Waals surface area (Å²) in [5, 5.41) is 4.30. The quantitative estimate of drug-likeness (QED) is 0.167. The lowest BCUT2D eigenvalue weighted by Gasteiger charge is -2.19. The summed E-state index contributed by atoms with van der Waals surface area (Å²) in [5.74, 6) is 0. The van der Waals surface area contributed by atoms with Crippen LogP contribution in [-0.4, -0.2) is 0 Å². The third-order valence-electron chi connectivity index (χ3n) is 9.30. The third kappa shape index (κ3) is 4.94. The monoisotopic (exact) mass is 661 g/mol. The third-order valence-corrected chi connectivity index (χ3v) is 9.30. The van der Waals surface area contributed by atoms with Crippen LogP contribution in [0.4, 0.5) is 0 Å². The molecule has 1 heterocycles. The summed E-state index contributed by atoms with van der Waals surface area (Å²) in [5.41, 5.74) is 3.39. The molecule has 0 N–H and O–H groups in total. The predicted molar refractivity (Wildman–Crippen MR) is 216 cm³/mol. The van der Waals surface area contributed by atoms with E-state index in [9.17, 15) is 4.11 Å². The smallest absolute Gasteiger partial charge is 0.136 e. The standard InChI is InChI=1S/C50H32O/c1-4-15-33(16-5-1)36-27-28-46-45(32-36)50-44(25-14-26-47(50)51-46)49-42-23-12-10-21-40(42)48(41-22-11-13-24-43(41)49)39-30-37(34-17-6-2-7-18-34)29-38(31-39)35-19-8-3-9-20-35/h1-32H/i2D,3D,6D,7D,8D,9D,17D,18D,19D,20D,29D,30D,31D. The van der Waals surface area contributed by atoms with E-state index < -0.39 is 101 Å². The lowest BCUT2D eigenvalue weighted by atomic mass is 9.83. The van der Waals surface area contributed by atoms with Crippen molar-refractivity contribution in [1.82, 2.24) is 0 Å². The molecule has 0 bridgehead atoms. The number of fused-ring (bicyclic) bond motifs is 5. The van der Waals surface area contributed by atoms with Crippen molar-refractivity contribution in [3.63, 3.8) is 0 Å². The van der Waals surface area contributed by atoms with Crippen LogP contribution in [0.1, 0.15) is 17.8 Å². The van der Waals surface area contributed by atoms with Gasteiger partial charge in [-0.3, -0.25) is 0 Å². The molecule has 1 heteroatoms. The highest BCUT2D eigenvalue weighted by Gasteiger charge is 2.21. The molecule has 10 aromatic rings. The fourth-order valence-corrected chi connectivity index (χ4v) is 7.13. The molecule has 0 saturated carbocycles. The summed E-state index contributed by atoms with van der Waals surface area (Å²) in [4.78, 5) is 0. The van der Waals surface area contributed by atoms with Crippen LogP contribution in [0.3, 0.4) is 0 Å². The van der Waals surface area contributed by atoms with Gasteiger partial charge in [-0.05, 0) is 114 Å². The van der Waals surface area contributed by atoms with Gasteiger partial charge < -0.3 is 4.42 Å². The fraction of sp³-hybridized carbons (Fsp3) is 0. The van der Waals surface area contributed by atoms with Crippen LogP contribution in [0.5, 0.6) is 0 Å². The van der Waals surface area contributed by atoms with Crippen LogP contribution in [0, 0.1) is 0 Å². The first-order valence-electron chi connectivity index (χ1n) is 23.0. The van der Waals surface area contributed by atoms with Gasteiger partial charge in [-0.25, -0.2) is 0 Å². The Kier molecular flexibility index (Phi) is 4.45. The van der Waals surface area contributed by atoms with E-state index >= 15 is 0 Å². The predicted octanol–water partition coefficient (Wildman–Crippen LogP) is 14.2. The van der Waals surface area contributed by atoms with Crippen molar-refractivity contribution in [1.29, 1.82) is 0 Å². The lowest BCUT2D eigenvalue weighted by molar-refractivity contribution is 0.669. The maximum atomic E-state index is 9.93. The molecular weight excluding hydrogens is 617 g/mol. The van der Waals surface area contributed by atoms with Gasteiger partial charge >= 0.3 is 0 Å². The molecule has 10 rings (SSSR count). The Bertz CT molecular complexity index is 3440. The molecule has 0 aliphatic rings. The first kappa shape index (κ1) is 18.9. The van der Waals surface area contributed by atoms with Gasteiger partial charge in [-0.2, -0.15) is 0 Å². The molecule has 0 saturated heterocycles. The Labute approximate surface area is 315 Å². The first-order chi connectivity index (χ1) is 30.7. The second-order valence-electron chi connectivity index (χ2n) is 12.2. The number of furan rings is 1. The molecule has 0 radical (unpaired) electrons. The van der Waals surface area contributed by atoms with E-state index in [1.165, 1.54) is 0 Å².